The van der Waals surface area contributed by atoms with Crippen molar-refractivity contribution < 1.29 is 36.3 Å². The number of carbonyl (C=O) groups is 2. The Labute approximate surface area is 192 Å². The summed E-state index contributed by atoms with van der Waals surface area (Å²) in [5.41, 5.74) is -3.46. The number of alkyl halides is 3. The Balaban J connectivity index is 2.31. The minimum Gasteiger partial charge on any atom is -0.459 e. The highest BCUT2D eigenvalue weighted by atomic mass is 19.4. The number of hydrogen-bond acceptors (Lipinski definition) is 4. The topological polar surface area (TPSA) is 75.3 Å². The molecule has 1 aromatic carbocycles. The molecule has 1 aliphatic rings. The lowest BCUT2D eigenvalue weighted by molar-refractivity contribution is -0.142. The van der Waals surface area contributed by atoms with E-state index in [4.69, 9.17) is 4.74 Å². The summed E-state index contributed by atoms with van der Waals surface area (Å²) < 4.78 is 74.1. The lowest BCUT2D eigenvalue weighted by Crippen LogP contribution is -2.40. The second kappa shape index (κ2) is 8.84. The van der Waals surface area contributed by atoms with E-state index >= 15 is 0 Å². The number of hydrogen-bond donors (Lipinski definition) is 1. The van der Waals surface area contributed by atoms with Crippen molar-refractivity contribution in [3.63, 3.8) is 0 Å². The SMILES string of the molecule is CCC1=C(C(=O)OC(C)C)c2[nH]nc(C(F)(F)F)c2C(C)(C)CN1C(=O)c1ccc(F)c(F)c1. The molecule has 6 nitrogen and oxygen atoms in total. The summed E-state index contributed by atoms with van der Waals surface area (Å²) in [6.07, 6.45) is -5.38. The molecule has 0 atom stereocenters. The number of allylic oxidation sites excluding steroid dienone is 1. The summed E-state index contributed by atoms with van der Waals surface area (Å²) in [5, 5.41) is 5.79. The van der Waals surface area contributed by atoms with Crippen LogP contribution in [0.15, 0.2) is 23.9 Å². The van der Waals surface area contributed by atoms with Crippen LogP contribution in [0.1, 0.15) is 68.3 Å². The molecule has 1 N–H and O–H groups in total. The number of rotatable bonds is 4. The van der Waals surface area contributed by atoms with Crippen LogP contribution in [-0.2, 0) is 21.1 Å². The fourth-order valence-corrected chi connectivity index (χ4v) is 4.08. The maximum atomic E-state index is 13.8. The zero-order valence-corrected chi connectivity index (χ0v) is 19.2. The number of aromatic amines is 1. The molecule has 1 aliphatic heterocycles. The van der Waals surface area contributed by atoms with Crippen molar-refractivity contribution >= 4 is 17.4 Å². The van der Waals surface area contributed by atoms with Crippen molar-refractivity contribution in [2.45, 2.75) is 58.7 Å². The number of benzene rings is 1. The Kier molecular flexibility index (Phi) is 6.60. The van der Waals surface area contributed by atoms with Crippen molar-refractivity contribution in [2.75, 3.05) is 6.54 Å². The molecule has 0 aliphatic carbocycles. The van der Waals surface area contributed by atoms with E-state index in [9.17, 15) is 31.5 Å². The van der Waals surface area contributed by atoms with Crippen LogP contribution < -0.4 is 0 Å². The van der Waals surface area contributed by atoms with Gasteiger partial charge in [-0.3, -0.25) is 9.89 Å². The van der Waals surface area contributed by atoms with Crippen molar-refractivity contribution in [3.8, 4) is 0 Å². The molecule has 0 unspecified atom stereocenters. The average molecular weight is 485 g/mol. The summed E-state index contributed by atoms with van der Waals surface area (Å²) in [6.45, 7) is 7.43. The van der Waals surface area contributed by atoms with Gasteiger partial charge in [0.15, 0.2) is 17.3 Å². The standard InChI is InChI=1S/C23H24F5N3O3/c1-6-15-16(21(33)34-11(2)3)18-17(19(30-29-18)23(26,27)28)22(4,5)10-31(15)20(32)12-7-8-13(24)14(25)9-12/h7-9,11H,6,10H2,1-5H3,(H,29,30). The molecule has 184 valence electrons. The van der Waals surface area contributed by atoms with Gasteiger partial charge in [0.1, 0.15) is 5.57 Å². The fraction of sp³-hybridized carbons (Fsp3) is 0.435. The van der Waals surface area contributed by atoms with Gasteiger partial charge in [-0.2, -0.15) is 18.3 Å². The molecule has 11 heteroatoms. The molecular weight excluding hydrogens is 461 g/mol. The maximum absolute atomic E-state index is 13.8. The quantitative estimate of drug-likeness (QED) is 0.477. The van der Waals surface area contributed by atoms with E-state index in [1.54, 1.807) is 20.8 Å². The van der Waals surface area contributed by atoms with Crippen LogP contribution in [0.2, 0.25) is 0 Å². The Morgan fingerprint density at radius 2 is 1.85 bits per heavy atom. The van der Waals surface area contributed by atoms with Crippen LogP contribution in [0.25, 0.3) is 5.57 Å². The predicted molar refractivity (Wildman–Crippen MR) is 112 cm³/mol. The molecule has 2 aromatic rings. The maximum Gasteiger partial charge on any atom is 0.435 e. The Morgan fingerprint density at radius 3 is 2.38 bits per heavy atom. The molecular formula is C23H24F5N3O3. The van der Waals surface area contributed by atoms with Crippen LogP contribution in [-0.4, -0.2) is 39.6 Å². The molecule has 1 aromatic heterocycles. The zero-order valence-electron chi connectivity index (χ0n) is 19.2. The van der Waals surface area contributed by atoms with Gasteiger partial charge in [-0.05, 0) is 38.5 Å². The van der Waals surface area contributed by atoms with E-state index in [0.29, 0.717) is 6.07 Å². The minimum atomic E-state index is -4.83. The van der Waals surface area contributed by atoms with Gasteiger partial charge >= 0.3 is 12.1 Å². The summed E-state index contributed by atoms with van der Waals surface area (Å²) in [5.74, 6) is -4.15. The highest BCUT2D eigenvalue weighted by Crippen LogP contribution is 2.44. The molecule has 2 heterocycles. The van der Waals surface area contributed by atoms with Crippen molar-refractivity contribution in [3.05, 3.63) is 58.0 Å². The van der Waals surface area contributed by atoms with Gasteiger partial charge in [-0.1, -0.05) is 20.8 Å². The van der Waals surface area contributed by atoms with Crippen LogP contribution in [0.3, 0.4) is 0 Å². The van der Waals surface area contributed by atoms with Crippen molar-refractivity contribution in [1.29, 1.82) is 0 Å². The number of nitrogens with zero attached hydrogens (tertiary/aromatic N) is 2. The summed E-state index contributed by atoms with van der Waals surface area (Å²) in [6, 6.07) is 2.56. The summed E-state index contributed by atoms with van der Waals surface area (Å²) in [4.78, 5) is 27.7. The average Bonchev–Trinajstić information content (AvgIpc) is 3.14. The number of carbonyl (C=O) groups excluding carboxylic acids is 2. The van der Waals surface area contributed by atoms with Gasteiger partial charge < -0.3 is 9.64 Å². The van der Waals surface area contributed by atoms with Gasteiger partial charge in [0.2, 0.25) is 0 Å². The third kappa shape index (κ3) is 4.55. The highest BCUT2D eigenvalue weighted by Gasteiger charge is 2.47. The second-order valence-corrected chi connectivity index (χ2v) is 8.85. The van der Waals surface area contributed by atoms with Crippen LogP contribution in [0.5, 0.6) is 0 Å². The molecule has 0 fully saturated rings. The van der Waals surface area contributed by atoms with E-state index in [1.807, 2.05) is 0 Å². The van der Waals surface area contributed by atoms with E-state index < -0.39 is 46.9 Å². The normalized spacial score (nSPS) is 15.9. The first-order chi connectivity index (χ1) is 15.7. The lowest BCUT2D eigenvalue weighted by atomic mass is 9.81. The van der Waals surface area contributed by atoms with E-state index in [1.165, 1.54) is 13.8 Å². The molecule has 0 radical (unpaired) electrons. The first kappa shape index (κ1) is 25.4. The molecule has 3 rings (SSSR count). The van der Waals surface area contributed by atoms with Gasteiger partial charge in [-0.15, -0.1) is 0 Å². The number of esters is 1. The number of fused-ring (bicyclic) bond motifs is 1. The summed E-state index contributed by atoms with van der Waals surface area (Å²) in [7, 11) is 0. The van der Waals surface area contributed by atoms with Crippen molar-refractivity contribution in [2.24, 2.45) is 0 Å². The number of halogens is 5. The van der Waals surface area contributed by atoms with Gasteiger partial charge in [0.25, 0.3) is 5.91 Å². The van der Waals surface area contributed by atoms with Gasteiger partial charge in [-0.25, -0.2) is 13.6 Å². The van der Waals surface area contributed by atoms with Gasteiger partial charge in [0.05, 0.1) is 11.8 Å². The predicted octanol–water partition coefficient (Wildman–Crippen LogP) is 5.21. The van der Waals surface area contributed by atoms with E-state index in [2.05, 4.69) is 10.2 Å². The molecule has 0 bridgehead atoms. The largest absolute Gasteiger partial charge is 0.459 e. The lowest BCUT2D eigenvalue weighted by Gasteiger charge is -2.32. The van der Waals surface area contributed by atoms with E-state index in [0.717, 1.165) is 17.0 Å². The number of aromatic nitrogens is 2. The monoisotopic (exact) mass is 485 g/mol. The number of ether oxygens (including phenoxy) is 1. The zero-order chi connectivity index (χ0) is 25.6. The Hall–Kier alpha value is -3.24. The Morgan fingerprint density at radius 1 is 1.21 bits per heavy atom. The first-order valence-corrected chi connectivity index (χ1v) is 10.6. The van der Waals surface area contributed by atoms with E-state index in [-0.39, 0.29) is 41.1 Å². The third-order valence-corrected chi connectivity index (χ3v) is 5.42. The molecule has 1 amide bonds. The molecule has 0 saturated heterocycles. The number of H-pyrrole nitrogens is 1. The first-order valence-electron chi connectivity index (χ1n) is 10.6. The third-order valence-electron chi connectivity index (χ3n) is 5.42. The number of amides is 1. The second-order valence-electron chi connectivity index (χ2n) is 8.85. The van der Waals surface area contributed by atoms with Crippen molar-refractivity contribution in [1.82, 2.24) is 15.1 Å². The summed E-state index contributed by atoms with van der Waals surface area (Å²) >= 11 is 0. The highest BCUT2D eigenvalue weighted by molar-refractivity contribution is 6.18. The molecule has 0 saturated carbocycles. The van der Waals surface area contributed by atoms with Gasteiger partial charge in [0, 0.05) is 28.8 Å². The fourth-order valence-electron chi connectivity index (χ4n) is 4.08. The Bertz CT molecular complexity index is 1170. The van der Waals surface area contributed by atoms with Crippen LogP contribution in [0, 0.1) is 11.6 Å². The van der Waals surface area contributed by atoms with Crippen LogP contribution >= 0.6 is 0 Å². The smallest absolute Gasteiger partial charge is 0.435 e. The van der Waals surface area contributed by atoms with Crippen LogP contribution in [0.4, 0.5) is 22.0 Å². The minimum absolute atomic E-state index is 0.0494. The molecule has 34 heavy (non-hydrogen) atoms. The number of nitrogens with one attached hydrogen (secondary N) is 1. The molecule has 0 spiro atoms.